The number of halogens is 1. The van der Waals surface area contributed by atoms with Gasteiger partial charge >= 0.3 is 0 Å². The summed E-state index contributed by atoms with van der Waals surface area (Å²) in [5, 5.41) is 11.0. The minimum Gasteiger partial charge on any atom is -0.357 e. The van der Waals surface area contributed by atoms with Crippen molar-refractivity contribution in [3.63, 3.8) is 0 Å². The molecule has 2 atom stereocenters. The van der Waals surface area contributed by atoms with Gasteiger partial charge in [0.15, 0.2) is 5.96 Å². The van der Waals surface area contributed by atoms with Crippen molar-refractivity contribution in [2.45, 2.75) is 52.4 Å². The number of guanidine groups is 1. The van der Waals surface area contributed by atoms with Crippen LogP contribution in [0, 0.1) is 11.8 Å². The van der Waals surface area contributed by atoms with Crippen LogP contribution in [-0.2, 0) is 13.5 Å². The van der Waals surface area contributed by atoms with Gasteiger partial charge in [-0.15, -0.1) is 24.0 Å². The Balaban J connectivity index is 0.00000288. The van der Waals surface area contributed by atoms with E-state index in [9.17, 15) is 0 Å². The maximum Gasteiger partial charge on any atom is 0.191 e. The molecule has 0 spiro atoms. The molecule has 1 aromatic heterocycles. The largest absolute Gasteiger partial charge is 0.357 e. The molecule has 0 aliphatic heterocycles. The van der Waals surface area contributed by atoms with Crippen LogP contribution in [0.1, 0.15) is 51.5 Å². The number of aryl methyl sites for hydroxylation is 1. The van der Waals surface area contributed by atoms with E-state index in [1.54, 1.807) is 0 Å². The first-order valence-electron chi connectivity index (χ1n) is 9.17. The third kappa shape index (κ3) is 7.85. The molecule has 2 rings (SSSR count). The second-order valence-corrected chi connectivity index (χ2v) is 6.89. The second-order valence-electron chi connectivity index (χ2n) is 6.89. The monoisotopic (exact) mass is 447 g/mol. The number of hydrogen-bond acceptors (Lipinski definition) is 2. The van der Waals surface area contributed by atoms with E-state index >= 15 is 0 Å². The van der Waals surface area contributed by atoms with Gasteiger partial charge in [-0.2, -0.15) is 5.10 Å². The zero-order valence-electron chi connectivity index (χ0n) is 15.4. The van der Waals surface area contributed by atoms with Crippen LogP contribution < -0.4 is 10.6 Å². The van der Waals surface area contributed by atoms with Crippen molar-refractivity contribution in [3.8, 4) is 0 Å². The highest BCUT2D eigenvalue weighted by molar-refractivity contribution is 14.0. The molecular weight excluding hydrogens is 413 g/mol. The number of rotatable bonds is 7. The Kier molecular flexibility index (Phi) is 10.4. The van der Waals surface area contributed by atoms with Gasteiger partial charge in [-0.05, 0) is 43.6 Å². The highest BCUT2D eigenvalue weighted by Crippen LogP contribution is 2.30. The maximum absolute atomic E-state index is 4.74. The molecule has 0 radical (unpaired) electrons. The molecule has 138 valence electrons. The molecule has 1 aliphatic rings. The lowest BCUT2D eigenvalue weighted by molar-refractivity contribution is 0.272. The smallest absolute Gasteiger partial charge is 0.191 e. The Morgan fingerprint density at radius 3 is 2.88 bits per heavy atom. The summed E-state index contributed by atoms with van der Waals surface area (Å²) in [6.45, 7) is 7.22. The first-order chi connectivity index (χ1) is 11.2. The van der Waals surface area contributed by atoms with Gasteiger partial charge in [0.25, 0.3) is 0 Å². The number of nitrogens with one attached hydrogen (secondary N) is 2. The Labute approximate surface area is 164 Å². The number of nitrogens with zero attached hydrogens (tertiary/aromatic N) is 3. The molecule has 0 amide bonds. The van der Waals surface area contributed by atoms with Crippen molar-refractivity contribution >= 4 is 29.9 Å². The van der Waals surface area contributed by atoms with Gasteiger partial charge in [0, 0.05) is 32.9 Å². The lowest BCUT2D eigenvalue weighted by Gasteiger charge is -2.26. The predicted molar refractivity (Wildman–Crippen MR) is 112 cm³/mol. The van der Waals surface area contributed by atoms with Crippen LogP contribution in [0.4, 0.5) is 0 Å². The average Bonchev–Trinajstić information content (AvgIpc) is 2.93. The standard InChI is InChI=1S/C18H33N5.HI/c1-4-19-18(21-11-9-17-13-22-23(3)14-17)20-10-8-16-7-5-6-15(2)12-16;/h13-16H,4-12H2,1-3H3,(H2,19,20,21);1H. The highest BCUT2D eigenvalue weighted by atomic mass is 127. The molecule has 0 aromatic carbocycles. The molecule has 5 nitrogen and oxygen atoms in total. The van der Waals surface area contributed by atoms with Gasteiger partial charge in [0.1, 0.15) is 0 Å². The van der Waals surface area contributed by atoms with E-state index < -0.39 is 0 Å². The first-order valence-corrected chi connectivity index (χ1v) is 9.17. The van der Waals surface area contributed by atoms with E-state index in [0.717, 1.165) is 43.9 Å². The third-order valence-electron chi connectivity index (χ3n) is 4.66. The topological polar surface area (TPSA) is 54.2 Å². The summed E-state index contributed by atoms with van der Waals surface area (Å²) in [4.78, 5) is 4.74. The molecule has 1 aromatic rings. The number of hydrogen-bond donors (Lipinski definition) is 2. The zero-order valence-corrected chi connectivity index (χ0v) is 17.8. The molecule has 1 fully saturated rings. The van der Waals surface area contributed by atoms with Crippen LogP contribution in [0.5, 0.6) is 0 Å². The van der Waals surface area contributed by atoms with E-state index in [4.69, 9.17) is 4.99 Å². The van der Waals surface area contributed by atoms with Gasteiger partial charge in [0.2, 0.25) is 0 Å². The molecule has 24 heavy (non-hydrogen) atoms. The van der Waals surface area contributed by atoms with Crippen LogP contribution in [0.2, 0.25) is 0 Å². The Morgan fingerprint density at radius 1 is 1.38 bits per heavy atom. The molecule has 1 aliphatic carbocycles. The molecule has 0 saturated heterocycles. The maximum atomic E-state index is 4.74. The van der Waals surface area contributed by atoms with Crippen LogP contribution >= 0.6 is 24.0 Å². The fraction of sp³-hybridized carbons (Fsp3) is 0.778. The predicted octanol–water partition coefficient (Wildman–Crippen LogP) is 3.35. The minimum absolute atomic E-state index is 0. The summed E-state index contributed by atoms with van der Waals surface area (Å²) in [5.41, 5.74) is 1.26. The minimum atomic E-state index is 0. The van der Waals surface area contributed by atoms with Gasteiger partial charge in [0.05, 0.1) is 6.20 Å². The van der Waals surface area contributed by atoms with Crippen LogP contribution in [0.3, 0.4) is 0 Å². The Morgan fingerprint density at radius 2 is 2.21 bits per heavy atom. The SMILES string of the molecule is CCNC(=NCCC1CCCC(C)C1)NCCc1cnn(C)c1.I. The van der Waals surface area contributed by atoms with E-state index in [0.29, 0.717) is 0 Å². The van der Waals surface area contributed by atoms with E-state index in [2.05, 4.69) is 35.8 Å². The van der Waals surface area contributed by atoms with Crippen molar-refractivity contribution < 1.29 is 0 Å². The fourth-order valence-corrected chi connectivity index (χ4v) is 3.45. The van der Waals surface area contributed by atoms with Crippen LogP contribution in [-0.4, -0.2) is 35.4 Å². The molecule has 2 N–H and O–H groups in total. The van der Waals surface area contributed by atoms with Crippen LogP contribution in [0.15, 0.2) is 17.4 Å². The summed E-state index contributed by atoms with van der Waals surface area (Å²) < 4.78 is 1.85. The van der Waals surface area contributed by atoms with Crippen molar-refractivity contribution in [2.75, 3.05) is 19.6 Å². The zero-order chi connectivity index (χ0) is 16.5. The van der Waals surface area contributed by atoms with Crippen molar-refractivity contribution in [2.24, 2.45) is 23.9 Å². The third-order valence-corrected chi connectivity index (χ3v) is 4.66. The molecule has 2 unspecified atom stereocenters. The van der Waals surface area contributed by atoms with E-state index in [1.807, 2.05) is 17.9 Å². The summed E-state index contributed by atoms with van der Waals surface area (Å²) in [7, 11) is 1.95. The normalized spacial score (nSPS) is 21.2. The van der Waals surface area contributed by atoms with E-state index in [1.165, 1.54) is 37.7 Å². The molecular formula is C18H34IN5. The summed E-state index contributed by atoms with van der Waals surface area (Å²) in [5.74, 6) is 2.73. The Hall–Kier alpha value is -0.790. The summed E-state index contributed by atoms with van der Waals surface area (Å²) >= 11 is 0. The van der Waals surface area contributed by atoms with Crippen molar-refractivity contribution in [3.05, 3.63) is 18.0 Å². The van der Waals surface area contributed by atoms with Gasteiger partial charge in [-0.25, -0.2) is 0 Å². The number of aliphatic imine (C=N–C) groups is 1. The first kappa shape index (κ1) is 21.3. The fourth-order valence-electron chi connectivity index (χ4n) is 3.45. The molecule has 0 bridgehead atoms. The molecule has 1 saturated carbocycles. The quantitative estimate of drug-likeness (QED) is 0.383. The van der Waals surface area contributed by atoms with Crippen molar-refractivity contribution in [1.29, 1.82) is 0 Å². The van der Waals surface area contributed by atoms with Gasteiger partial charge < -0.3 is 10.6 Å². The molecule has 1 heterocycles. The lowest BCUT2D eigenvalue weighted by atomic mass is 9.81. The summed E-state index contributed by atoms with van der Waals surface area (Å²) in [6.07, 6.45) is 11.8. The average molecular weight is 447 g/mol. The summed E-state index contributed by atoms with van der Waals surface area (Å²) in [6, 6.07) is 0. The van der Waals surface area contributed by atoms with Gasteiger partial charge in [-0.1, -0.05) is 26.2 Å². The van der Waals surface area contributed by atoms with Gasteiger partial charge in [-0.3, -0.25) is 9.67 Å². The van der Waals surface area contributed by atoms with Crippen LogP contribution in [0.25, 0.3) is 0 Å². The van der Waals surface area contributed by atoms with Crippen molar-refractivity contribution in [1.82, 2.24) is 20.4 Å². The van der Waals surface area contributed by atoms with E-state index in [-0.39, 0.29) is 24.0 Å². The number of aromatic nitrogens is 2. The highest BCUT2D eigenvalue weighted by Gasteiger charge is 2.18. The lowest BCUT2D eigenvalue weighted by Crippen LogP contribution is -2.38. The molecule has 6 heteroatoms. The Bertz CT molecular complexity index is 486. The second kappa shape index (κ2) is 11.7.